The summed E-state index contributed by atoms with van der Waals surface area (Å²) in [6.07, 6.45) is 4.94. The fourth-order valence-electron chi connectivity index (χ4n) is 2.74. The minimum atomic E-state index is 0.0311. The van der Waals surface area contributed by atoms with Crippen LogP contribution in [-0.2, 0) is 4.79 Å². The van der Waals surface area contributed by atoms with E-state index in [1.807, 2.05) is 29.6 Å². The summed E-state index contributed by atoms with van der Waals surface area (Å²) in [5, 5.41) is 5.57. The lowest BCUT2D eigenvalue weighted by Gasteiger charge is -2.18. The lowest BCUT2D eigenvalue weighted by Crippen LogP contribution is -2.33. The number of nitrogens with zero attached hydrogens (tertiary/aromatic N) is 2. The first kappa shape index (κ1) is 16.6. The van der Waals surface area contributed by atoms with Gasteiger partial charge in [-0.15, -0.1) is 11.3 Å². The zero-order valence-electron chi connectivity index (χ0n) is 12.9. The molecule has 6 heteroatoms. The number of anilines is 1. The van der Waals surface area contributed by atoms with Crippen LogP contribution in [-0.4, -0.2) is 35.4 Å². The Hall–Kier alpha value is -1.24. The molecule has 1 saturated heterocycles. The van der Waals surface area contributed by atoms with Gasteiger partial charge < -0.3 is 5.32 Å². The van der Waals surface area contributed by atoms with Gasteiger partial charge in [-0.1, -0.05) is 40.9 Å². The van der Waals surface area contributed by atoms with Gasteiger partial charge in [0.2, 0.25) is 5.91 Å². The van der Waals surface area contributed by atoms with Gasteiger partial charge in [-0.3, -0.25) is 9.69 Å². The fourth-order valence-corrected chi connectivity index (χ4v) is 3.74. The van der Waals surface area contributed by atoms with Gasteiger partial charge in [0.25, 0.3) is 0 Å². The van der Waals surface area contributed by atoms with Crippen LogP contribution in [0.15, 0.2) is 34.1 Å². The maximum absolute atomic E-state index is 12.2. The normalized spacial score (nSPS) is 16.0. The highest BCUT2D eigenvalue weighted by Gasteiger charge is 2.14. The highest BCUT2D eigenvalue weighted by molar-refractivity contribution is 9.10. The second-order valence-electron chi connectivity index (χ2n) is 5.78. The molecule has 2 heterocycles. The Labute approximate surface area is 149 Å². The van der Waals surface area contributed by atoms with Crippen molar-refractivity contribution in [3.63, 3.8) is 0 Å². The van der Waals surface area contributed by atoms with Crippen LogP contribution < -0.4 is 5.32 Å². The number of hydrogen-bond donors (Lipinski definition) is 1. The van der Waals surface area contributed by atoms with E-state index in [2.05, 4.69) is 31.1 Å². The topological polar surface area (TPSA) is 45.2 Å². The molecule has 0 unspecified atom stereocenters. The van der Waals surface area contributed by atoms with E-state index in [1.54, 1.807) is 0 Å². The van der Waals surface area contributed by atoms with Crippen molar-refractivity contribution in [2.75, 3.05) is 25.0 Å². The quantitative estimate of drug-likeness (QED) is 0.837. The first-order chi connectivity index (χ1) is 11.2. The Morgan fingerprint density at radius 2 is 1.87 bits per heavy atom. The smallest absolute Gasteiger partial charge is 0.240 e. The number of amides is 1. The SMILES string of the molecule is O=C(CN1CCCCCC1)Nc1nc(-c2ccc(Br)cc2)cs1. The van der Waals surface area contributed by atoms with Crippen LogP contribution in [0.3, 0.4) is 0 Å². The number of halogens is 1. The highest BCUT2D eigenvalue weighted by Crippen LogP contribution is 2.26. The van der Waals surface area contributed by atoms with Gasteiger partial charge in [0.15, 0.2) is 5.13 Å². The fraction of sp³-hybridized carbons (Fsp3) is 0.412. The molecular weight excluding hydrogens is 374 g/mol. The van der Waals surface area contributed by atoms with Gasteiger partial charge in [-0.25, -0.2) is 4.98 Å². The van der Waals surface area contributed by atoms with Gasteiger partial charge >= 0.3 is 0 Å². The van der Waals surface area contributed by atoms with E-state index >= 15 is 0 Å². The van der Waals surface area contributed by atoms with Crippen LogP contribution in [0.2, 0.25) is 0 Å². The third kappa shape index (κ3) is 4.86. The van der Waals surface area contributed by atoms with Crippen molar-refractivity contribution < 1.29 is 4.79 Å². The van der Waals surface area contributed by atoms with Gasteiger partial charge in [-0.2, -0.15) is 0 Å². The van der Waals surface area contributed by atoms with E-state index in [-0.39, 0.29) is 5.91 Å². The Kier molecular flexibility index (Phi) is 5.80. The minimum Gasteiger partial charge on any atom is -0.301 e. The maximum atomic E-state index is 12.2. The number of thiazole rings is 1. The van der Waals surface area contributed by atoms with Crippen molar-refractivity contribution in [1.82, 2.24) is 9.88 Å². The van der Waals surface area contributed by atoms with Crippen LogP contribution in [0.25, 0.3) is 11.3 Å². The second-order valence-corrected chi connectivity index (χ2v) is 7.56. The summed E-state index contributed by atoms with van der Waals surface area (Å²) in [4.78, 5) is 18.9. The van der Waals surface area contributed by atoms with Crippen molar-refractivity contribution in [2.24, 2.45) is 0 Å². The standard InChI is InChI=1S/C17H20BrN3OS/c18-14-7-5-13(6-8-14)15-12-23-17(19-15)20-16(22)11-21-9-3-1-2-4-10-21/h5-8,12H,1-4,9-11H2,(H,19,20,22). The Morgan fingerprint density at radius 3 is 2.57 bits per heavy atom. The zero-order valence-corrected chi connectivity index (χ0v) is 15.3. The van der Waals surface area contributed by atoms with Crippen molar-refractivity contribution in [2.45, 2.75) is 25.7 Å². The monoisotopic (exact) mass is 393 g/mol. The predicted molar refractivity (Wildman–Crippen MR) is 98.8 cm³/mol. The Balaban J connectivity index is 1.57. The molecule has 4 nitrogen and oxygen atoms in total. The summed E-state index contributed by atoms with van der Waals surface area (Å²) in [6.45, 7) is 2.51. The molecule has 0 atom stereocenters. The second kappa shape index (κ2) is 8.04. The van der Waals surface area contributed by atoms with Crippen LogP contribution in [0.4, 0.5) is 5.13 Å². The van der Waals surface area contributed by atoms with Gasteiger partial charge in [0, 0.05) is 15.4 Å². The largest absolute Gasteiger partial charge is 0.301 e. The first-order valence-corrected chi connectivity index (χ1v) is 9.62. The summed E-state index contributed by atoms with van der Waals surface area (Å²) in [7, 11) is 0. The summed E-state index contributed by atoms with van der Waals surface area (Å²) >= 11 is 4.90. The molecular formula is C17H20BrN3OS. The molecule has 0 bridgehead atoms. The molecule has 1 amide bonds. The molecule has 1 aliphatic heterocycles. The third-order valence-corrected chi connectivity index (χ3v) is 5.24. The van der Waals surface area contributed by atoms with Crippen LogP contribution >= 0.6 is 27.3 Å². The van der Waals surface area contributed by atoms with E-state index in [0.717, 1.165) is 28.8 Å². The van der Waals surface area contributed by atoms with Crippen molar-refractivity contribution in [3.05, 3.63) is 34.1 Å². The lowest BCUT2D eigenvalue weighted by atomic mass is 10.2. The minimum absolute atomic E-state index is 0.0311. The van der Waals surface area contributed by atoms with Crippen LogP contribution in [0.5, 0.6) is 0 Å². The van der Waals surface area contributed by atoms with E-state index in [9.17, 15) is 4.79 Å². The Bertz CT molecular complexity index is 648. The zero-order chi connectivity index (χ0) is 16.1. The number of carbonyl (C=O) groups excluding carboxylic acids is 1. The van der Waals surface area contributed by atoms with Crippen molar-refractivity contribution in [3.8, 4) is 11.3 Å². The highest BCUT2D eigenvalue weighted by atomic mass is 79.9. The van der Waals surface area contributed by atoms with Gasteiger partial charge in [-0.05, 0) is 38.1 Å². The first-order valence-electron chi connectivity index (χ1n) is 7.94. The summed E-state index contributed by atoms with van der Waals surface area (Å²) < 4.78 is 1.04. The number of carbonyl (C=O) groups is 1. The third-order valence-electron chi connectivity index (χ3n) is 3.96. The number of likely N-dealkylation sites (tertiary alicyclic amines) is 1. The van der Waals surface area contributed by atoms with E-state index in [4.69, 9.17) is 0 Å². The molecule has 1 N–H and O–H groups in total. The number of rotatable bonds is 4. The molecule has 23 heavy (non-hydrogen) atoms. The number of aromatic nitrogens is 1. The molecule has 0 saturated carbocycles. The molecule has 0 spiro atoms. The van der Waals surface area contributed by atoms with E-state index < -0.39 is 0 Å². The number of benzene rings is 1. The average Bonchev–Trinajstić information content (AvgIpc) is 2.84. The molecule has 0 aliphatic carbocycles. The molecule has 1 aromatic carbocycles. The molecule has 1 fully saturated rings. The van der Waals surface area contributed by atoms with Gasteiger partial charge in [0.05, 0.1) is 12.2 Å². The summed E-state index contributed by atoms with van der Waals surface area (Å²) in [5.41, 5.74) is 1.95. The molecule has 1 aliphatic rings. The van der Waals surface area contributed by atoms with Gasteiger partial charge in [0.1, 0.15) is 0 Å². The molecule has 3 rings (SSSR count). The lowest BCUT2D eigenvalue weighted by molar-refractivity contribution is -0.117. The summed E-state index contributed by atoms with van der Waals surface area (Å²) in [6, 6.07) is 8.02. The maximum Gasteiger partial charge on any atom is 0.240 e. The predicted octanol–water partition coefficient (Wildman–Crippen LogP) is 4.39. The molecule has 2 aromatic rings. The van der Waals surface area contributed by atoms with Crippen molar-refractivity contribution >= 4 is 38.3 Å². The average molecular weight is 394 g/mol. The Morgan fingerprint density at radius 1 is 1.17 bits per heavy atom. The van der Waals surface area contributed by atoms with E-state index in [0.29, 0.717) is 11.7 Å². The molecule has 0 radical (unpaired) electrons. The summed E-state index contributed by atoms with van der Waals surface area (Å²) in [5.74, 6) is 0.0311. The number of hydrogen-bond acceptors (Lipinski definition) is 4. The van der Waals surface area contributed by atoms with E-state index in [1.165, 1.54) is 37.0 Å². The van der Waals surface area contributed by atoms with Crippen molar-refractivity contribution in [1.29, 1.82) is 0 Å². The molecule has 122 valence electrons. The van der Waals surface area contributed by atoms with Crippen LogP contribution in [0, 0.1) is 0 Å². The number of nitrogens with one attached hydrogen (secondary N) is 1. The molecule has 1 aromatic heterocycles. The van der Waals surface area contributed by atoms with Crippen LogP contribution in [0.1, 0.15) is 25.7 Å².